The van der Waals surface area contributed by atoms with Crippen LogP contribution in [-0.4, -0.2) is 23.5 Å². The maximum Gasteiger partial charge on any atom is 0.253 e. The van der Waals surface area contributed by atoms with E-state index < -0.39 is 0 Å². The zero-order valence-corrected chi connectivity index (χ0v) is 9.99. The van der Waals surface area contributed by atoms with E-state index in [-0.39, 0.29) is 13.4 Å². The number of nitrogens with one attached hydrogen (secondary N) is 1. The van der Waals surface area contributed by atoms with E-state index >= 15 is 0 Å². The second kappa shape index (κ2) is 6.10. The summed E-state index contributed by atoms with van der Waals surface area (Å²) in [4.78, 5) is 15.7. The van der Waals surface area contributed by atoms with E-state index in [4.69, 9.17) is 4.74 Å². The van der Waals surface area contributed by atoms with Crippen molar-refractivity contribution < 1.29 is 11.0 Å². The maximum atomic E-state index is 11.7. The highest BCUT2D eigenvalue weighted by Gasteiger charge is 2.08. The van der Waals surface area contributed by atoms with Crippen LogP contribution in [0.5, 0.6) is 5.88 Å². The molecule has 16 heavy (non-hydrogen) atoms. The summed E-state index contributed by atoms with van der Waals surface area (Å²) in [7, 11) is 0. The summed E-state index contributed by atoms with van der Waals surface area (Å²) in [6, 6.07) is 3.60. The molecule has 0 spiro atoms. The normalized spacial score (nSPS) is 11.9. The molecule has 0 radical (unpaired) electrons. The van der Waals surface area contributed by atoms with Gasteiger partial charge in [-0.3, -0.25) is 4.79 Å². The van der Waals surface area contributed by atoms with E-state index in [2.05, 4.69) is 10.3 Å². The Bertz CT molecular complexity index is 341. The summed E-state index contributed by atoms with van der Waals surface area (Å²) in [5.41, 5.74) is 0.559. The van der Waals surface area contributed by atoms with Crippen LogP contribution in [0.3, 0.4) is 0 Å². The molecule has 90 valence electrons. The number of hydrogen-bond acceptors (Lipinski definition) is 3. The molecular weight excluding hydrogens is 204 g/mol. The van der Waals surface area contributed by atoms with Crippen molar-refractivity contribution in [2.75, 3.05) is 6.61 Å². The van der Waals surface area contributed by atoms with E-state index in [1.165, 1.54) is 6.20 Å². The molecule has 0 aliphatic heterocycles. The fourth-order valence-corrected chi connectivity index (χ4v) is 1.16. The Hall–Kier alpha value is -1.58. The molecule has 0 saturated carbocycles. The summed E-state index contributed by atoms with van der Waals surface area (Å²) in [6.45, 7) is 6.47. The lowest BCUT2D eigenvalue weighted by atomic mass is 10.2. The van der Waals surface area contributed by atoms with Crippen LogP contribution in [0.2, 0.25) is 0 Å². The summed E-state index contributed by atoms with van der Waals surface area (Å²) in [5, 5.41) is 2.88. The van der Waals surface area contributed by atoms with Crippen LogP contribution in [0.15, 0.2) is 18.3 Å². The van der Waals surface area contributed by atoms with Gasteiger partial charge in [-0.25, -0.2) is 4.98 Å². The van der Waals surface area contributed by atoms with Crippen LogP contribution in [0.25, 0.3) is 0 Å². The summed E-state index contributed by atoms with van der Waals surface area (Å²) in [6.07, 6.45) is 2.44. The van der Waals surface area contributed by atoms with E-state index in [0.29, 0.717) is 18.1 Å². The number of aromatic nitrogens is 1. The summed E-state index contributed by atoms with van der Waals surface area (Å²) in [5.74, 6) is 0.451. The highest BCUT2D eigenvalue weighted by molar-refractivity contribution is 5.94. The SMILES string of the molecule is CCOc1ccc(C(=O)NC(C)CC)cn1.[HH]. The average Bonchev–Trinajstić information content (AvgIpc) is 2.30. The molecule has 4 nitrogen and oxygen atoms in total. The van der Waals surface area contributed by atoms with E-state index in [9.17, 15) is 4.79 Å². The van der Waals surface area contributed by atoms with Gasteiger partial charge in [-0.05, 0) is 26.3 Å². The van der Waals surface area contributed by atoms with Gasteiger partial charge < -0.3 is 10.1 Å². The third kappa shape index (κ3) is 3.53. The molecule has 0 fully saturated rings. The van der Waals surface area contributed by atoms with Gasteiger partial charge in [-0.1, -0.05) is 6.92 Å². The van der Waals surface area contributed by atoms with Crippen molar-refractivity contribution in [2.45, 2.75) is 33.2 Å². The van der Waals surface area contributed by atoms with Gasteiger partial charge in [0.05, 0.1) is 12.2 Å². The van der Waals surface area contributed by atoms with Crippen molar-refractivity contribution in [3.63, 3.8) is 0 Å². The number of carbonyl (C=O) groups excluding carboxylic acids is 1. The molecule has 1 N–H and O–H groups in total. The number of amides is 1. The molecule has 4 heteroatoms. The van der Waals surface area contributed by atoms with Crippen molar-refractivity contribution in [1.82, 2.24) is 10.3 Å². The first-order valence-corrected chi connectivity index (χ1v) is 5.57. The van der Waals surface area contributed by atoms with E-state index in [1.54, 1.807) is 12.1 Å². The average molecular weight is 224 g/mol. The molecule has 1 heterocycles. The highest BCUT2D eigenvalue weighted by Crippen LogP contribution is 2.07. The third-order valence-electron chi connectivity index (χ3n) is 2.28. The molecule has 1 aromatic heterocycles. The summed E-state index contributed by atoms with van der Waals surface area (Å²) >= 11 is 0. The minimum Gasteiger partial charge on any atom is -0.478 e. The second-order valence-corrected chi connectivity index (χ2v) is 3.60. The van der Waals surface area contributed by atoms with Crippen LogP contribution in [0, 0.1) is 0 Å². The Morgan fingerprint density at radius 2 is 2.31 bits per heavy atom. The van der Waals surface area contributed by atoms with Gasteiger partial charge in [-0.2, -0.15) is 0 Å². The zero-order chi connectivity index (χ0) is 12.0. The molecular formula is C12H20N2O2. The topological polar surface area (TPSA) is 51.2 Å². The number of hydrogen-bond donors (Lipinski definition) is 1. The first kappa shape index (κ1) is 12.5. The van der Waals surface area contributed by atoms with Gasteiger partial charge >= 0.3 is 0 Å². The molecule has 0 aromatic carbocycles. The lowest BCUT2D eigenvalue weighted by Crippen LogP contribution is -2.31. The van der Waals surface area contributed by atoms with Crippen molar-refractivity contribution >= 4 is 5.91 Å². The number of nitrogens with zero attached hydrogens (tertiary/aromatic N) is 1. The minimum absolute atomic E-state index is 0. The van der Waals surface area contributed by atoms with Crippen LogP contribution in [0.4, 0.5) is 0 Å². The molecule has 0 bridgehead atoms. The summed E-state index contributed by atoms with van der Waals surface area (Å²) < 4.78 is 5.20. The molecule has 0 aliphatic carbocycles. The monoisotopic (exact) mass is 224 g/mol. The third-order valence-corrected chi connectivity index (χ3v) is 2.28. The molecule has 1 unspecified atom stereocenters. The van der Waals surface area contributed by atoms with Crippen molar-refractivity contribution in [3.8, 4) is 5.88 Å². The fraction of sp³-hybridized carbons (Fsp3) is 0.500. The van der Waals surface area contributed by atoms with Crippen LogP contribution in [-0.2, 0) is 0 Å². The first-order valence-electron chi connectivity index (χ1n) is 5.57. The smallest absolute Gasteiger partial charge is 0.253 e. The second-order valence-electron chi connectivity index (χ2n) is 3.60. The molecule has 1 amide bonds. The van der Waals surface area contributed by atoms with Crippen molar-refractivity contribution in [2.24, 2.45) is 0 Å². The van der Waals surface area contributed by atoms with Gasteiger partial charge in [0.1, 0.15) is 0 Å². The van der Waals surface area contributed by atoms with Crippen LogP contribution in [0.1, 0.15) is 39.0 Å². The Balaban J connectivity index is 0.00000256. The quantitative estimate of drug-likeness (QED) is 0.834. The lowest BCUT2D eigenvalue weighted by molar-refractivity contribution is 0.0939. The number of carbonyl (C=O) groups is 1. The van der Waals surface area contributed by atoms with E-state index in [0.717, 1.165) is 6.42 Å². The zero-order valence-electron chi connectivity index (χ0n) is 9.99. The predicted octanol–water partition coefficient (Wildman–Crippen LogP) is 2.25. The van der Waals surface area contributed by atoms with E-state index in [1.807, 2.05) is 20.8 Å². The van der Waals surface area contributed by atoms with Gasteiger partial charge in [0, 0.05) is 19.7 Å². The molecule has 0 aliphatic rings. The van der Waals surface area contributed by atoms with Gasteiger partial charge in [0.2, 0.25) is 5.88 Å². The largest absolute Gasteiger partial charge is 0.478 e. The van der Waals surface area contributed by atoms with Gasteiger partial charge in [0.15, 0.2) is 0 Å². The fourth-order valence-electron chi connectivity index (χ4n) is 1.16. The van der Waals surface area contributed by atoms with Gasteiger partial charge in [-0.15, -0.1) is 0 Å². The molecule has 1 atom stereocenters. The predicted molar refractivity (Wildman–Crippen MR) is 64.7 cm³/mol. The first-order chi connectivity index (χ1) is 7.67. The lowest BCUT2D eigenvalue weighted by Gasteiger charge is -2.11. The Morgan fingerprint density at radius 1 is 1.56 bits per heavy atom. The maximum absolute atomic E-state index is 11.7. The number of pyridine rings is 1. The molecule has 1 rings (SSSR count). The highest BCUT2D eigenvalue weighted by atomic mass is 16.5. The number of rotatable bonds is 5. The molecule has 1 aromatic rings. The number of ether oxygens (including phenoxy) is 1. The van der Waals surface area contributed by atoms with Gasteiger partial charge in [0.25, 0.3) is 5.91 Å². The van der Waals surface area contributed by atoms with Crippen LogP contribution >= 0.6 is 0 Å². The minimum atomic E-state index is -0.0927. The standard InChI is InChI=1S/C12H18N2O2.H2/c1-4-9(3)14-12(15)10-6-7-11(13-8-10)16-5-2;/h6-9H,4-5H2,1-3H3,(H,14,15);1H. The van der Waals surface area contributed by atoms with Crippen molar-refractivity contribution in [3.05, 3.63) is 23.9 Å². The molecule has 0 saturated heterocycles. The Labute approximate surface area is 97.5 Å². The van der Waals surface area contributed by atoms with Crippen LogP contribution < -0.4 is 10.1 Å². The Kier molecular flexibility index (Phi) is 4.76. The van der Waals surface area contributed by atoms with Crippen molar-refractivity contribution in [1.29, 1.82) is 0 Å². The Morgan fingerprint density at radius 3 is 2.81 bits per heavy atom.